The second kappa shape index (κ2) is 6.47. The predicted octanol–water partition coefficient (Wildman–Crippen LogP) is 1.89. The molecule has 106 valence electrons. The van der Waals surface area contributed by atoms with Gasteiger partial charge in [0.05, 0.1) is 16.3 Å². The molecule has 1 amide bonds. The monoisotopic (exact) mass is 290 g/mol. The number of aromatic nitrogens is 2. The van der Waals surface area contributed by atoms with Gasteiger partial charge in [-0.15, -0.1) is 11.3 Å². The molecule has 0 aromatic carbocycles. The number of thiazole rings is 1. The zero-order valence-corrected chi connectivity index (χ0v) is 12.7. The van der Waals surface area contributed by atoms with Crippen molar-refractivity contribution in [2.75, 3.05) is 25.5 Å². The van der Waals surface area contributed by atoms with Gasteiger partial charge >= 0.3 is 0 Å². The first-order valence-corrected chi connectivity index (χ1v) is 7.27. The first-order chi connectivity index (χ1) is 9.58. The van der Waals surface area contributed by atoms with Crippen molar-refractivity contribution in [3.63, 3.8) is 0 Å². The van der Waals surface area contributed by atoms with Gasteiger partial charge in [0.2, 0.25) is 0 Å². The minimum absolute atomic E-state index is 0.103. The van der Waals surface area contributed by atoms with Crippen LogP contribution in [0.3, 0.4) is 0 Å². The summed E-state index contributed by atoms with van der Waals surface area (Å²) in [5, 5.41) is 5.99. The number of aryl methyl sites for hydroxylation is 1. The molecule has 2 aromatic heterocycles. The van der Waals surface area contributed by atoms with E-state index < -0.39 is 0 Å². The molecule has 0 aliphatic rings. The maximum atomic E-state index is 12.2. The molecular weight excluding hydrogens is 272 g/mol. The smallest absolute Gasteiger partial charge is 0.255 e. The van der Waals surface area contributed by atoms with Crippen molar-refractivity contribution in [3.05, 3.63) is 40.0 Å². The number of anilines is 1. The van der Waals surface area contributed by atoms with Crippen LogP contribution in [0.15, 0.2) is 23.7 Å². The second-order valence-electron chi connectivity index (χ2n) is 4.63. The largest absolute Gasteiger partial charge is 0.362 e. The Labute approximate surface area is 122 Å². The van der Waals surface area contributed by atoms with E-state index in [1.165, 1.54) is 0 Å². The highest BCUT2D eigenvalue weighted by molar-refractivity contribution is 7.09. The van der Waals surface area contributed by atoms with E-state index in [2.05, 4.69) is 15.3 Å². The number of pyridine rings is 1. The highest BCUT2D eigenvalue weighted by atomic mass is 32.1. The van der Waals surface area contributed by atoms with Crippen molar-refractivity contribution in [2.24, 2.45) is 0 Å². The van der Waals surface area contributed by atoms with Crippen LogP contribution < -0.4 is 10.2 Å². The third-order valence-corrected chi connectivity index (χ3v) is 3.61. The average molecular weight is 290 g/mol. The first-order valence-electron chi connectivity index (χ1n) is 6.39. The lowest BCUT2D eigenvalue weighted by molar-refractivity contribution is 0.0954. The van der Waals surface area contributed by atoms with Crippen molar-refractivity contribution in [1.82, 2.24) is 15.3 Å². The summed E-state index contributed by atoms with van der Waals surface area (Å²) in [7, 11) is 3.74. The molecule has 0 radical (unpaired) electrons. The molecule has 0 atom stereocenters. The van der Waals surface area contributed by atoms with Crippen molar-refractivity contribution in [1.29, 1.82) is 0 Å². The topological polar surface area (TPSA) is 58.1 Å². The zero-order chi connectivity index (χ0) is 14.5. The van der Waals surface area contributed by atoms with E-state index in [1.54, 1.807) is 29.7 Å². The zero-order valence-electron chi connectivity index (χ0n) is 11.9. The van der Waals surface area contributed by atoms with Crippen molar-refractivity contribution < 1.29 is 4.79 Å². The van der Waals surface area contributed by atoms with Crippen LogP contribution in [-0.2, 0) is 6.42 Å². The van der Waals surface area contributed by atoms with Gasteiger partial charge in [0.25, 0.3) is 5.91 Å². The van der Waals surface area contributed by atoms with E-state index >= 15 is 0 Å². The van der Waals surface area contributed by atoms with Gasteiger partial charge in [-0.05, 0) is 19.1 Å². The molecule has 0 unspecified atom stereocenters. The molecule has 0 fully saturated rings. The van der Waals surface area contributed by atoms with Crippen LogP contribution in [0.5, 0.6) is 0 Å². The van der Waals surface area contributed by atoms with Crippen LogP contribution in [0.25, 0.3) is 0 Å². The Kier molecular flexibility index (Phi) is 4.68. The van der Waals surface area contributed by atoms with Gasteiger partial charge in [0.15, 0.2) is 0 Å². The summed E-state index contributed by atoms with van der Waals surface area (Å²) in [4.78, 5) is 22.6. The molecule has 0 aliphatic carbocycles. The molecule has 20 heavy (non-hydrogen) atoms. The fraction of sp³-hybridized carbons (Fsp3) is 0.357. The van der Waals surface area contributed by atoms with Crippen molar-refractivity contribution in [2.45, 2.75) is 13.3 Å². The summed E-state index contributed by atoms with van der Waals surface area (Å²) in [5.41, 5.74) is 1.61. The van der Waals surface area contributed by atoms with E-state index in [0.717, 1.165) is 17.1 Å². The van der Waals surface area contributed by atoms with Gasteiger partial charge in [-0.3, -0.25) is 4.79 Å². The van der Waals surface area contributed by atoms with Gasteiger partial charge in [-0.1, -0.05) is 0 Å². The van der Waals surface area contributed by atoms with Crippen molar-refractivity contribution in [3.8, 4) is 0 Å². The van der Waals surface area contributed by atoms with Crippen LogP contribution in [0.2, 0.25) is 0 Å². The van der Waals surface area contributed by atoms with E-state index in [-0.39, 0.29) is 5.91 Å². The molecule has 0 aliphatic heterocycles. The number of rotatable bonds is 5. The highest BCUT2D eigenvalue weighted by Gasteiger charge is 2.13. The van der Waals surface area contributed by atoms with Crippen LogP contribution in [0.1, 0.15) is 21.1 Å². The average Bonchev–Trinajstić information content (AvgIpc) is 2.84. The standard InChI is InChI=1S/C14H18N4OS/c1-10-17-11(9-20-10)6-8-16-14(19)12-5-4-7-15-13(12)18(2)3/h4-5,7,9H,6,8H2,1-3H3,(H,16,19). The maximum absolute atomic E-state index is 12.2. The SMILES string of the molecule is Cc1nc(CCNC(=O)c2cccnc2N(C)C)cs1. The fourth-order valence-corrected chi connectivity index (χ4v) is 2.50. The summed E-state index contributed by atoms with van der Waals surface area (Å²) < 4.78 is 0. The number of nitrogens with one attached hydrogen (secondary N) is 1. The third kappa shape index (κ3) is 3.54. The summed E-state index contributed by atoms with van der Waals surface area (Å²) in [5.74, 6) is 0.572. The Balaban J connectivity index is 1.95. The number of nitrogens with zero attached hydrogens (tertiary/aromatic N) is 3. The first kappa shape index (κ1) is 14.5. The third-order valence-electron chi connectivity index (χ3n) is 2.79. The molecule has 2 heterocycles. The number of hydrogen-bond acceptors (Lipinski definition) is 5. The Morgan fingerprint density at radius 2 is 2.25 bits per heavy atom. The lowest BCUT2D eigenvalue weighted by Gasteiger charge is -2.15. The molecule has 6 heteroatoms. The lowest BCUT2D eigenvalue weighted by Crippen LogP contribution is -2.28. The highest BCUT2D eigenvalue weighted by Crippen LogP contribution is 2.14. The Bertz CT molecular complexity index is 594. The molecule has 0 spiro atoms. The lowest BCUT2D eigenvalue weighted by atomic mass is 10.2. The van der Waals surface area contributed by atoms with Crippen molar-refractivity contribution >= 4 is 23.1 Å². The molecule has 0 saturated heterocycles. The Morgan fingerprint density at radius 3 is 2.90 bits per heavy atom. The molecular formula is C14H18N4OS. The van der Waals surface area contributed by atoms with Gasteiger partial charge in [0, 0.05) is 38.6 Å². The molecule has 2 aromatic rings. The summed E-state index contributed by atoms with van der Waals surface area (Å²) in [6.07, 6.45) is 2.43. The Hall–Kier alpha value is -1.95. The fourth-order valence-electron chi connectivity index (χ4n) is 1.85. The van der Waals surface area contributed by atoms with E-state index in [1.807, 2.05) is 31.3 Å². The van der Waals surface area contributed by atoms with Crippen LogP contribution in [0, 0.1) is 6.92 Å². The van der Waals surface area contributed by atoms with Gasteiger partial charge in [0.1, 0.15) is 5.82 Å². The Morgan fingerprint density at radius 1 is 1.45 bits per heavy atom. The van der Waals surface area contributed by atoms with E-state index in [4.69, 9.17) is 0 Å². The molecule has 1 N–H and O–H groups in total. The van der Waals surface area contributed by atoms with Crippen LogP contribution in [-0.4, -0.2) is 36.5 Å². The number of hydrogen-bond donors (Lipinski definition) is 1. The summed E-state index contributed by atoms with van der Waals surface area (Å²) in [6.45, 7) is 2.55. The van der Waals surface area contributed by atoms with Gasteiger partial charge in [-0.25, -0.2) is 9.97 Å². The molecule has 0 saturated carbocycles. The van der Waals surface area contributed by atoms with Crippen LogP contribution >= 0.6 is 11.3 Å². The summed E-state index contributed by atoms with van der Waals surface area (Å²) in [6, 6.07) is 3.55. The molecule has 2 rings (SSSR count). The van der Waals surface area contributed by atoms with Gasteiger partial charge < -0.3 is 10.2 Å². The molecule has 5 nitrogen and oxygen atoms in total. The molecule has 0 bridgehead atoms. The number of amides is 1. The predicted molar refractivity (Wildman–Crippen MR) is 81.5 cm³/mol. The van der Waals surface area contributed by atoms with Gasteiger partial charge in [-0.2, -0.15) is 0 Å². The van der Waals surface area contributed by atoms with Crippen LogP contribution in [0.4, 0.5) is 5.82 Å². The summed E-state index contributed by atoms with van der Waals surface area (Å²) >= 11 is 1.63. The second-order valence-corrected chi connectivity index (χ2v) is 5.69. The number of carbonyl (C=O) groups is 1. The quantitative estimate of drug-likeness (QED) is 0.913. The van der Waals surface area contributed by atoms with E-state index in [9.17, 15) is 4.79 Å². The minimum atomic E-state index is -0.103. The number of carbonyl (C=O) groups excluding carboxylic acids is 1. The van der Waals surface area contributed by atoms with E-state index in [0.29, 0.717) is 17.9 Å². The normalized spacial score (nSPS) is 10.3. The maximum Gasteiger partial charge on any atom is 0.255 e. The minimum Gasteiger partial charge on any atom is -0.362 e.